The van der Waals surface area contributed by atoms with Crippen LogP contribution >= 0.6 is 0 Å². The fraction of sp³-hybridized carbons (Fsp3) is 0.923. The number of carbonyl (C=O) groups is 1. The molecular weight excluding hydrogens is 214 g/mol. The van der Waals surface area contributed by atoms with Crippen LogP contribution in [-0.4, -0.2) is 54.5 Å². The first kappa shape index (κ1) is 12.8. The minimum Gasteiger partial charge on any atom is -0.341 e. The summed E-state index contributed by atoms with van der Waals surface area (Å²) in [6.07, 6.45) is 5.08. The fourth-order valence-corrected chi connectivity index (χ4v) is 2.77. The van der Waals surface area contributed by atoms with Crippen molar-refractivity contribution in [3.05, 3.63) is 0 Å². The highest BCUT2D eigenvalue weighted by molar-refractivity contribution is 5.81. The van der Waals surface area contributed by atoms with E-state index in [2.05, 4.69) is 11.9 Å². The molecule has 0 radical (unpaired) electrons. The maximum Gasteiger partial charge on any atom is 0.239 e. The third-order valence-corrected chi connectivity index (χ3v) is 3.94. The Kier molecular flexibility index (Phi) is 4.05. The van der Waals surface area contributed by atoms with E-state index in [1.807, 2.05) is 4.90 Å². The van der Waals surface area contributed by atoms with E-state index in [1.54, 1.807) is 6.92 Å². The van der Waals surface area contributed by atoms with Crippen LogP contribution in [0.25, 0.3) is 0 Å². The molecule has 2 aliphatic rings. The van der Waals surface area contributed by atoms with Crippen molar-refractivity contribution in [1.82, 2.24) is 9.80 Å². The van der Waals surface area contributed by atoms with Gasteiger partial charge in [0, 0.05) is 25.7 Å². The summed E-state index contributed by atoms with van der Waals surface area (Å²) < 4.78 is 0. The lowest BCUT2D eigenvalue weighted by Gasteiger charge is -2.35. The van der Waals surface area contributed by atoms with Crippen molar-refractivity contribution < 1.29 is 4.79 Å². The Morgan fingerprint density at radius 2 is 2.18 bits per heavy atom. The standard InChI is InChI=1S/C13H25N3O/c1-10(14)13(17)16-7-3-4-11(9-16)8-15(2)12-5-6-12/h10-12H,3-9,14H2,1-2H3/t10-,11?/m0/s1. The average Bonchev–Trinajstić information content (AvgIpc) is 3.12. The van der Waals surface area contributed by atoms with Crippen LogP contribution in [0.3, 0.4) is 0 Å². The van der Waals surface area contributed by atoms with Crippen LogP contribution < -0.4 is 5.73 Å². The predicted molar refractivity (Wildman–Crippen MR) is 68.6 cm³/mol. The highest BCUT2D eigenvalue weighted by atomic mass is 16.2. The van der Waals surface area contributed by atoms with Crippen molar-refractivity contribution in [3.8, 4) is 0 Å². The van der Waals surface area contributed by atoms with Crippen molar-refractivity contribution >= 4 is 5.91 Å². The molecule has 1 heterocycles. The van der Waals surface area contributed by atoms with Crippen LogP contribution in [0.4, 0.5) is 0 Å². The summed E-state index contributed by atoms with van der Waals surface area (Å²) in [5, 5.41) is 0. The molecule has 2 N–H and O–H groups in total. The third-order valence-electron chi connectivity index (χ3n) is 3.94. The van der Waals surface area contributed by atoms with E-state index in [0.29, 0.717) is 5.92 Å². The van der Waals surface area contributed by atoms with Gasteiger partial charge >= 0.3 is 0 Å². The van der Waals surface area contributed by atoms with Crippen LogP contribution in [-0.2, 0) is 4.79 Å². The Morgan fingerprint density at radius 3 is 2.76 bits per heavy atom. The Bertz CT molecular complexity index is 276. The smallest absolute Gasteiger partial charge is 0.239 e. The maximum atomic E-state index is 11.9. The van der Waals surface area contributed by atoms with Crippen LogP contribution in [0.2, 0.25) is 0 Å². The molecule has 0 aromatic heterocycles. The fourth-order valence-electron chi connectivity index (χ4n) is 2.77. The lowest BCUT2D eigenvalue weighted by atomic mass is 9.97. The second-order valence-electron chi connectivity index (χ2n) is 5.75. The molecule has 1 aliphatic heterocycles. The molecule has 1 saturated carbocycles. The number of rotatable bonds is 4. The number of nitrogens with two attached hydrogens (primary N) is 1. The minimum absolute atomic E-state index is 0.115. The Hall–Kier alpha value is -0.610. The van der Waals surface area contributed by atoms with Gasteiger partial charge in [0.25, 0.3) is 0 Å². The van der Waals surface area contributed by atoms with E-state index in [9.17, 15) is 4.79 Å². The first-order valence-corrected chi connectivity index (χ1v) is 6.82. The molecule has 1 unspecified atom stereocenters. The molecule has 2 fully saturated rings. The topological polar surface area (TPSA) is 49.6 Å². The van der Waals surface area contributed by atoms with Gasteiger partial charge in [-0.05, 0) is 45.6 Å². The van der Waals surface area contributed by atoms with Crippen molar-refractivity contribution in [2.24, 2.45) is 11.7 Å². The summed E-state index contributed by atoms with van der Waals surface area (Å²) in [6.45, 7) is 4.71. The Balaban J connectivity index is 1.81. The summed E-state index contributed by atoms with van der Waals surface area (Å²) in [5.74, 6) is 0.751. The molecule has 0 aromatic rings. The molecular formula is C13H25N3O. The molecule has 0 aromatic carbocycles. The zero-order chi connectivity index (χ0) is 12.4. The van der Waals surface area contributed by atoms with E-state index < -0.39 is 0 Å². The van der Waals surface area contributed by atoms with Crippen molar-refractivity contribution in [2.45, 2.75) is 44.7 Å². The van der Waals surface area contributed by atoms with E-state index in [1.165, 1.54) is 19.3 Å². The molecule has 98 valence electrons. The minimum atomic E-state index is -0.352. The lowest BCUT2D eigenvalue weighted by molar-refractivity contribution is -0.134. The maximum absolute atomic E-state index is 11.9. The van der Waals surface area contributed by atoms with Crippen molar-refractivity contribution in [1.29, 1.82) is 0 Å². The first-order valence-electron chi connectivity index (χ1n) is 6.82. The Labute approximate surface area is 104 Å². The second kappa shape index (κ2) is 5.36. The normalized spacial score (nSPS) is 27.3. The van der Waals surface area contributed by atoms with Gasteiger partial charge in [0.05, 0.1) is 6.04 Å². The predicted octanol–water partition coefficient (Wildman–Crippen LogP) is 0.666. The second-order valence-corrected chi connectivity index (χ2v) is 5.75. The Morgan fingerprint density at radius 1 is 1.47 bits per heavy atom. The van der Waals surface area contributed by atoms with E-state index in [4.69, 9.17) is 5.73 Å². The number of hydrogen-bond donors (Lipinski definition) is 1. The van der Waals surface area contributed by atoms with Gasteiger partial charge in [0.2, 0.25) is 5.91 Å². The molecule has 0 bridgehead atoms. The summed E-state index contributed by atoms with van der Waals surface area (Å²) in [7, 11) is 2.21. The highest BCUT2D eigenvalue weighted by Crippen LogP contribution is 2.27. The van der Waals surface area contributed by atoms with Crippen molar-refractivity contribution in [3.63, 3.8) is 0 Å². The van der Waals surface area contributed by atoms with Gasteiger partial charge in [-0.25, -0.2) is 0 Å². The molecule has 1 amide bonds. The van der Waals surface area contributed by atoms with Gasteiger partial charge in [-0.3, -0.25) is 4.79 Å². The third kappa shape index (κ3) is 3.42. The molecule has 17 heavy (non-hydrogen) atoms. The lowest BCUT2D eigenvalue weighted by Crippen LogP contribution is -2.48. The van der Waals surface area contributed by atoms with Crippen LogP contribution in [0.5, 0.6) is 0 Å². The summed E-state index contributed by atoms with van der Waals surface area (Å²) in [4.78, 5) is 16.3. The SMILES string of the molecule is C[C@H](N)C(=O)N1CCCC(CN(C)C2CC2)C1. The molecule has 4 nitrogen and oxygen atoms in total. The quantitative estimate of drug-likeness (QED) is 0.784. The van der Waals surface area contributed by atoms with Gasteiger partial charge < -0.3 is 15.5 Å². The van der Waals surface area contributed by atoms with Crippen LogP contribution in [0, 0.1) is 5.92 Å². The largest absolute Gasteiger partial charge is 0.341 e. The zero-order valence-electron chi connectivity index (χ0n) is 11.1. The summed E-state index contributed by atoms with van der Waals surface area (Å²) in [5.41, 5.74) is 5.67. The van der Waals surface area contributed by atoms with Gasteiger partial charge in [-0.2, -0.15) is 0 Å². The molecule has 1 saturated heterocycles. The van der Waals surface area contributed by atoms with Crippen LogP contribution in [0.1, 0.15) is 32.6 Å². The zero-order valence-corrected chi connectivity index (χ0v) is 11.1. The number of piperidine rings is 1. The highest BCUT2D eigenvalue weighted by Gasteiger charge is 2.30. The number of hydrogen-bond acceptors (Lipinski definition) is 3. The average molecular weight is 239 g/mol. The molecule has 2 atom stereocenters. The van der Waals surface area contributed by atoms with Crippen LogP contribution in [0.15, 0.2) is 0 Å². The van der Waals surface area contributed by atoms with E-state index in [-0.39, 0.29) is 11.9 Å². The number of likely N-dealkylation sites (tertiary alicyclic amines) is 1. The molecule has 4 heteroatoms. The monoisotopic (exact) mass is 239 g/mol. The van der Waals surface area contributed by atoms with E-state index in [0.717, 1.165) is 32.1 Å². The number of amides is 1. The van der Waals surface area contributed by atoms with Crippen molar-refractivity contribution in [2.75, 3.05) is 26.7 Å². The summed E-state index contributed by atoms with van der Waals surface area (Å²) in [6, 6.07) is 0.462. The molecule has 0 spiro atoms. The van der Waals surface area contributed by atoms with Gasteiger partial charge in [0.15, 0.2) is 0 Å². The molecule has 1 aliphatic carbocycles. The van der Waals surface area contributed by atoms with Gasteiger partial charge in [-0.15, -0.1) is 0 Å². The molecule has 2 rings (SSSR count). The van der Waals surface area contributed by atoms with E-state index >= 15 is 0 Å². The first-order chi connectivity index (χ1) is 8.08. The van der Waals surface area contributed by atoms with Gasteiger partial charge in [0.1, 0.15) is 0 Å². The number of nitrogens with zero attached hydrogens (tertiary/aromatic N) is 2. The van der Waals surface area contributed by atoms with Gasteiger partial charge in [-0.1, -0.05) is 0 Å². The summed E-state index contributed by atoms with van der Waals surface area (Å²) >= 11 is 0. The number of carbonyl (C=O) groups excluding carboxylic acids is 1.